The van der Waals surface area contributed by atoms with E-state index in [0.717, 1.165) is 17.8 Å². The Kier molecular flexibility index (Phi) is 5.83. The number of anilines is 3. The van der Waals surface area contributed by atoms with Gasteiger partial charge in [-0.2, -0.15) is 0 Å². The van der Waals surface area contributed by atoms with E-state index in [9.17, 15) is 13.6 Å². The smallest absolute Gasteiger partial charge is 0.254 e. The molecule has 0 fully saturated rings. The number of aromatic nitrogens is 3. The first-order chi connectivity index (χ1) is 13.1. The van der Waals surface area contributed by atoms with Crippen LogP contribution in [0.4, 0.5) is 26.1 Å². The van der Waals surface area contributed by atoms with Crippen LogP contribution in [0.2, 0.25) is 0 Å². The molecule has 0 aliphatic carbocycles. The summed E-state index contributed by atoms with van der Waals surface area (Å²) in [5.41, 5.74) is 0.588. The highest BCUT2D eigenvalue weighted by atomic mass is 19.1. The molecule has 7 nitrogen and oxygen atoms in total. The van der Waals surface area contributed by atoms with Gasteiger partial charge in [0, 0.05) is 25.4 Å². The Morgan fingerprint density at radius 3 is 2.52 bits per heavy atom. The van der Waals surface area contributed by atoms with E-state index in [1.165, 1.54) is 0 Å². The van der Waals surface area contributed by atoms with Gasteiger partial charge in [0.15, 0.2) is 5.82 Å². The number of hydrogen-bond donors (Lipinski definition) is 3. The van der Waals surface area contributed by atoms with Gasteiger partial charge in [0.2, 0.25) is 0 Å². The maximum Gasteiger partial charge on any atom is 0.254 e. The van der Waals surface area contributed by atoms with Crippen molar-refractivity contribution in [2.75, 3.05) is 23.7 Å². The third kappa shape index (κ3) is 5.18. The van der Waals surface area contributed by atoms with Crippen molar-refractivity contribution < 1.29 is 13.6 Å². The maximum absolute atomic E-state index is 13.5. The normalized spacial score (nSPS) is 10.3. The van der Waals surface area contributed by atoms with E-state index >= 15 is 0 Å². The van der Waals surface area contributed by atoms with E-state index in [4.69, 9.17) is 0 Å². The highest BCUT2D eigenvalue weighted by Gasteiger charge is 2.11. The van der Waals surface area contributed by atoms with Gasteiger partial charge in [-0.25, -0.2) is 8.78 Å². The molecule has 0 aliphatic rings. The number of halogens is 2. The zero-order valence-electron chi connectivity index (χ0n) is 14.1. The van der Waals surface area contributed by atoms with Gasteiger partial charge >= 0.3 is 0 Å². The van der Waals surface area contributed by atoms with E-state index in [0.29, 0.717) is 24.2 Å². The second-order valence-corrected chi connectivity index (χ2v) is 5.48. The first kappa shape index (κ1) is 18.2. The van der Waals surface area contributed by atoms with Crippen molar-refractivity contribution in [1.82, 2.24) is 20.5 Å². The van der Waals surface area contributed by atoms with Crippen LogP contribution in [-0.4, -0.2) is 34.2 Å². The summed E-state index contributed by atoms with van der Waals surface area (Å²) in [4.78, 5) is 15.9. The number of hydrogen-bond acceptors (Lipinski definition) is 6. The minimum absolute atomic E-state index is 0.206. The Balaban J connectivity index is 1.44. The molecule has 3 rings (SSSR count). The van der Waals surface area contributed by atoms with Crippen molar-refractivity contribution in [3.05, 3.63) is 72.1 Å². The highest BCUT2D eigenvalue weighted by molar-refractivity contribution is 5.94. The average Bonchev–Trinajstić information content (AvgIpc) is 2.67. The lowest BCUT2D eigenvalue weighted by Gasteiger charge is -2.08. The Morgan fingerprint density at radius 2 is 1.81 bits per heavy atom. The number of pyridine rings is 1. The molecule has 0 spiro atoms. The summed E-state index contributed by atoms with van der Waals surface area (Å²) in [5.74, 6) is -1.16. The molecule has 3 N–H and O–H groups in total. The first-order valence-corrected chi connectivity index (χ1v) is 8.10. The third-order valence-corrected chi connectivity index (χ3v) is 3.49. The van der Waals surface area contributed by atoms with Crippen LogP contribution in [0.1, 0.15) is 10.4 Å². The maximum atomic E-state index is 13.5. The predicted octanol–water partition coefficient (Wildman–Crippen LogP) is 2.74. The molecule has 0 atom stereocenters. The van der Waals surface area contributed by atoms with Crippen molar-refractivity contribution in [1.29, 1.82) is 0 Å². The molecule has 0 saturated carbocycles. The number of benzene rings is 1. The van der Waals surface area contributed by atoms with Crippen LogP contribution in [0.25, 0.3) is 0 Å². The molecule has 9 heteroatoms. The Hall–Kier alpha value is -3.62. The predicted molar refractivity (Wildman–Crippen MR) is 96.7 cm³/mol. The molecular formula is C18H16F2N6O. The minimum Gasteiger partial charge on any atom is -0.367 e. The van der Waals surface area contributed by atoms with Crippen LogP contribution < -0.4 is 16.0 Å². The molecule has 2 heterocycles. The molecule has 0 unspecified atom stereocenters. The summed E-state index contributed by atoms with van der Waals surface area (Å²) in [6, 6.07) is 9.94. The number of nitrogens with one attached hydrogen (secondary N) is 3. The standard InChI is InChI=1S/C18H16F2N6O/c19-12-3-4-14(15(20)10-12)18(27)23-9-8-22-16-5-6-17(26-25-16)24-13-2-1-7-21-11-13/h1-7,10-11H,8-9H2,(H,22,25)(H,23,27)(H,24,26). The van der Waals surface area contributed by atoms with E-state index < -0.39 is 17.5 Å². The van der Waals surface area contributed by atoms with Gasteiger partial charge < -0.3 is 16.0 Å². The molecule has 1 amide bonds. The minimum atomic E-state index is -0.900. The monoisotopic (exact) mass is 370 g/mol. The number of amides is 1. The van der Waals surface area contributed by atoms with Crippen LogP contribution in [0, 0.1) is 11.6 Å². The average molecular weight is 370 g/mol. The van der Waals surface area contributed by atoms with Crippen LogP contribution in [0.3, 0.4) is 0 Å². The van der Waals surface area contributed by atoms with E-state index in [1.54, 1.807) is 30.6 Å². The zero-order valence-corrected chi connectivity index (χ0v) is 14.1. The van der Waals surface area contributed by atoms with Crippen LogP contribution >= 0.6 is 0 Å². The van der Waals surface area contributed by atoms with Crippen LogP contribution in [-0.2, 0) is 0 Å². The van der Waals surface area contributed by atoms with E-state index in [-0.39, 0.29) is 12.1 Å². The number of carbonyl (C=O) groups excluding carboxylic acids is 1. The van der Waals surface area contributed by atoms with E-state index in [1.807, 2.05) is 6.07 Å². The molecule has 0 radical (unpaired) electrons. The summed E-state index contributed by atoms with van der Waals surface area (Å²) >= 11 is 0. The number of nitrogens with zero attached hydrogens (tertiary/aromatic N) is 3. The molecular weight excluding hydrogens is 354 g/mol. The second kappa shape index (κ2) is 8.65. The lowest BCUT2D eigenvalue weighted by Crippen LogP contribution is -2.29. The van der Waals surface area contributed by atoms with Crippen molar-refractivity contribution in [2.24, 2.45) is 0 Å². The Bertz CT molecular complexity index is 905. The summed E-state index contributed by atoms with van der Waals surface area (Å²) in [6.07, 6.45) is 3.34. The van der Waals surface area contributed by atoms with Gasteiger partial charge in [-0.15, -0.1) is 10.2 Å². The molecule has 27 heavy (non-hydrogen) atoms. The topological polar surface area (TPSA) is 91.8 Å². The summed E-state index contributed by atoms with van der Waals surface area (Å²) < 4.78 is 26.4. The number of carbonyl (C=O) groups is 1. The summed E-state index contributed by atoms with van der Waals surface area (Å²) in [7, 11) is 0. The first-order valence-electron chi connectivity index (χ1n) is 8.10. The molecule has 138 valence electrons. The molecule has 0 bridgehead atoms. The van der Waals surface area contributed by atoms with Gasteiger partial charge in [-0.3, -0.25) is 9.78 Å². The summed E-state index contributed by atoms with van der Waals surface area (Å²) in [6.45, 7) is 0.589. The van der Waals surface area contributed by atoms with Gasteiger partial charge in [0.25, 0.3) is 5.91 Å². The summed E-state index contributed by atoms with van der Waals surface area (Å²) in [5, 5.41) is 16.6. The lowest BCUT2D eigenvalue weighted by atomic mass is 10.2. The van der Waals surface area contributed by atoms with Gasteiger partial charge in [-0.1, -0.05) is 0 Å². The van der Waals surface area contributed by atoms with Crippen molar-refractivity contribution in [2.45, 2.75) is 0 Å². The van der Waals surface area contributed by atoms with E-state index in [2.05, 4.69) is 31.1 Å². The fourth-order valence-electron chi connectivity index (χ4n) is 2.21. The zero-order chi connectivity index (χ0) is 19.1. The van der Waals surface area contributed by atoms with Crippen molar-refractivity contribution in [3.8, 4) is 0 Å². The second-order valence-electron chi connectivity index (χ2n) is 5.48. The molecule has 0 saturated heterocycles. The molecule has 1 aromatic carbocycles. The quantitative estimate of drug-likeness (QED) is 0.554. The van der Waals surface area contributed by atoms with Crippen molar-refractivity contribution in [3.63, 3.8) is 0 Å². The van der Waals surface area contributed by atoms with Gasteiger partial charge in [0.05, 0.1) is 17.4 Å². The van der Waals surface area contributed by atoms with Gasteiger partial charge in [-0.05, 0) is 36.4 Å². The molecule has 3 aromatic rings. The van der Waals surface area contributed by atoms with Crippen LogP contribution in [0.15, 0.2) is 54.9 Å². The van der Waals surface area contributed by atoms with Crippen molar-refractivity contribution >= 4 is 23.2 Å². The largest absolute Gasteiger partial charge is 0.367 e. The third-order valence-electron chi connectivity index (χ3n) is 3.49. The SMILES string of the molecule is O=C(NCCNc1ccc(Nc2cccnc2)nn1)c1ccc(F)cc1F. The fraction of sp³-hybridized carbons (Fsp3) is 0.111. The lowest BCUT2D eigenvalue weighted by molar-refractivity contribution is 0.0951. The van der Waals surface area contributed by atoms with Gasteiger partial charge in [0.1, 0.15) is 17.5 Å². The molecule has 2 aromatic heterocycles. The Labute approximate surface area is 153 Å². The molecule has 0 aliphatic heterocycles. The number of rotatable bonds is 7. The highest BCUT2D eigenvalue weighted by Crippen LogP contribution is 2.13. The van der Waals surface area contributed by atoms with Crippen LogP contribution in [0.5, 0.6) is 0 Å². The Morgan fingerprint density at radius 1 is 1.00 bits per heavy atom. The fourth-order valence-corrected chi connectivity index (χ4v) is 2.21.